The third-order valence-electron chi connectivity index (χ3n) is 5.93. The van der Waals surface area contributed by atoms with E-state index in [1.807, 2.05) is 30.0 Å². The van der Waals surface area contributed by atoms with E-state index in [0.717, 1.165) is 28.7 Å². The summed E-state index contributed by atoms with van der Waals surface area (Å²) in [6.45, 7) is 6.34. The van der Waals surface area contributed by atoms with E-state index in [1.54, 1.807) is 24.4 Å². The van der Waals surface area contributed by atoms with Crippen LogP contribution >= 0.6 is 23.2 Å². The van der Waals surface area contributed by atoms with Gasteiger partial charge in [-0.25, -0.2) is 4.98 Å². The molecule has 0 radical (unpaired) electrons. The Morgan fingerprint density at radius 1 is 1.17 bits per heavy atom. The predicted octanol–water partition coefficient (Wildman–Crippen LogP) is 5.99. The van der Waals surface area contributed by atoms with Crippen LogP contribution in [0.25, 0.3) is 28.3 Å². The Bertz CT molecular complexity index is 1480. The second-order valence-electron chi connectivity index (χ2n) is 8.51. The lowest BCUT2D eigenvalue weighted by Crippen LogP contribution is -2.39. The molecule has 4 aromatic rings. The monoisotopic (exact) mass is 508 g/mol. The fraction of sp³-hybridized carbons (Fsp3) is 0.192. The minimum Gasteiger partial charge on any atom is -0.511 e. The highest BCUT2D eigenvalue weighted by Gasteiger charge is 2.28. The van der Waals surface area contributed by atoms with Crippen LogP contribution in [0.4, 0.5) is 5.69 Å². The van der Waals surface area contributed by atoms with Gasteiger partial charge in [-0.15, -0.1) is 0 Å². The summed E-state index contributed by atoms with van der Waals surface area (Å²) in [6, 6.07) is 11.0. The summed E-state index contributed by atoms with van der Waals surface area (Å²) in [5.41, 5.74) is 4.49. The van der Waals surface area contributed by atoms with Crippen LogP contribution in [0.3, 0.4) is 0 Å². The molecule has 0 saturated heterocycles. The molecule has 0 spiro atoms. The van der Waals surface area contributed by atoms with Crippen molar-refractivity contribution in [1.29, 1.82) is 0 Å². The number of rotatable bonds is 5. The van der Waals surface area contributed by atoms with Crippen molar-refractivity contribution in [3.8, 4) is 28.3 Å². The van der Waals surface area contributed by atoms with E-state index in [4.69, 9.17) is 32.7 Å². The van der Waals surface area contributed by atoms with Gasteiger partial charge in [0.1, 0.15) is 17.1 Å². The number of nitrogens with zero attached hydrogens (tertiary/aromatic N) is 4. The number of hydrogen-bond acceptors (Lipinski definition) is 6. The van der Waals surface area contributed by atoms with Crippen LogP contribution in [0, 0.1) is 6.92 Å². The third kappa shape index (κ3) is 4.33. The smallest absolute Gasteiger partial charge is 0.295 e. The van der Waals surface area contributed by atoms with E-state index in [1.165, 1.54) is 11.1 Å². The first kappa shape index (κ1) is 23.2. The van der Waals surface area contributed by atoms with Crippen molar-refractivity contribution in [1.82, 2.24) is 14.8 Å². The number of para-hydroxylation sites is 1. The van der Waals surface area contributed by atoms with E-state index in [0.29, 0.717) is 45.8 Å². The molecule has 0 amide bonds. The van der Waals surface area contributed by atoms with Crippen LogP contribution < -0.4 is 10.5 Å². The van der Waals surface area contributed by atoms with Gasteiger partial charge in [0.05, 0.1) is 28.5 Å². The van der Waals surface area contributed by atoms with Gasteiger partial charge in [0, 0.05) is 23.2 Å². The summed E-state index contributed by atoms with van der Waals surface area (Å²) in [4.78, 5) is 19.7. The number of fused-ring (bicyclic) bond motifs is 1. The number of halogens is 2. The van der Waals surface area contributed by atoms with Crippen molar-refractivity contribution in [3.63, 3.8) is 0 Å². The van der Waals surface area contributed by atoms with Gasteiger partial charge in [0.15, 0.2) is 12.2 Å². The number of oxazole rings is 1. The van der Waals surface area contributed by atoms with Gasteiger partial charge in [0.2, 0.25) is 0 Å². The summed E-state index contributed by atoms with van der Waals surface area (Å²) >= 11 is 13.0. The Hall–Kier alpha value is -3.55. The van der Waals surface area contributed by atoms with Gasteiger partial charge in [-0.05, 0) is 55.7 Å². The highest BCUT2D eigenvalue weighted by molar-refractivity contribution is 6.37. The van der Waals surface area contributed by atoms with Gasteiger partial charge < -0.3 is 14.4 Å². The summed E-state index contributed by atoms with van der Waals surface area (Å²) in [5.74, 6) is 0.602. The SMILES string of the molecule is C=C(O)CN1CCCc2c(-c3cc(C)cc(-c4cnco4)c3)nn(-c3c(Cl)cccc3Cl)c(=O)c21. The molecule has 9 heteroatoms. The standard InChI is InChI=1S/C26H22Cl2N4O3/c1-15-9-17(22-12-29-14-35-22)11-18(10-15)23-19-5-4-8-31(13-16(2)33)24(19)26(34)32(30-23)25-20(27)6-3-7-21(25)28/h3,6-7,9-12,14,33H,2,4-5,8,13H2,1H3. The van der Waals surface area contributed by atoms with E-state index < -0.39 is 0 Å². The first-order valence-corrected chi connectivity index (χ1v) is 11.8. The van der Waals surface area contributed by atoms with Crippen molar-refractivity contribution in [2.75, 3.05) is 18.0 Å². The van der Waals surface area contributed by atoms with E-state index in [9.17, 15) is 9.90 Å². The van der Waals surface area contributed by atoms with Gasteiger partial charge in [0.25, 0.3) is 5.56 Å². The highest BCUT2D eigenvalue weighted by atomic mass is 35.5. The zero-order valence-electron chi connectivity index (χ0n) is 19.0. The lowest BCUT2D eigenvalue weighted by atomic mass is 9.95. The zero-order valence-corrected chi connectivity index (χ0v) is 20.5. The number of benzene rings is 2. The van der Waals surface area contributed by atoms with Crippen LogP contribution in [-0.2, 0) is 6.42 Å². The van der Waals surface area contributed by atoms with Gasteiger partial charge in [-0.2, -0.15) is 9.78 Å². The quantitative estimate of drug-likeness (QED) is 0.333. The molecule has 2 aromatic carbocycles. The molecular formula is C26H22Cl2N4O3. The Balaban J connectivity index is 1.82. The topological polar surface area (TPSA) is 84.4 Å². The Kier molecular flexibility index (Phi) is 6.13. The maximum Gasteiger partial charge on any atom is 0.295 e. The molecule has 1 aliphatic heterocycles. The van der Waals surface area contributed by atoms with E-state index >= 15 is 0 Å². The molecule has 0 aliphatic carbocycles. The Morgan fingerprint density at radius 3 is 2.60 bits per heavy atom. The fourth-order valence-electron chi connectivity index (χ4n) is 4.54. The molecule has 5 rings (SSSR count). The molecular weight excluding hydrogens is 487 g/mol. The number of aryl methyl sites for hydroxylation is 1. The highest BCUT2D eigenvalue weighted by Crippen LogP contribution is 2.36. The lowest BCUT2D eigenvalue weighted by Gasteiger charge is -2.32. The van der Waals surface area contributed by atoms with E-state index in [2.05, 4.69) is 11.6 Å². The zero-order chi connectivity index (χ0) is 24.7. The Morgan fingerprint density at radius 2 is 1.91 bits per heavy atom. The second-order valence-corrected chi connectivity index (χ2v) is 9.32. The number of hydrogen-bond donors (Lipinski definition) is 1. The second kappa shape index (κ2) is 9.24. The minimum absolute atomic E-state index is 0.0268. The molecule has 1 aliphatic rings. The van der Waals surface area contributed by atoms with Crippen LogP contribution in [0.15, 0.2) is 70.5 Å². The van der Waals surface area contributed by atoms with Gasteiger partial charge >= 0.3 is 0 Å². The van der Waals surface area contributed by atoms with Crippen LogP contribution in [0.1, 0.15) is 17.5 Å². The summed E-state index contributed by atoms with van der Waals surface area (Å²) in [7, 11) is 0. The third-order valence-corrected chi connectivity index (χ3v) is 6.54. The molecule has 0 fully saturated rings. The molecule has 178 valence electrons. The predicted molar refractivity (Wildman–Crippen MR) is 138 cm³/mol. The first-order chi connectivity index (χ1) is 16.8. The minimum atomic E-state index is -0.359. The normalized spacial score (nSPS) is 13.1. The van der Waals surface area contributed by atoms with Crippen molar-refractivity contribution in [2.45, 2.75) is 19.8 Å². The molecule has 1 N–H and O–H groups in total. The summed E-state index contributed by atoms with van der Waals surface area (Å²) < 4.78 is 6.77. The largest absolute Gasteiger partial charge is 0.511 e. The van der Waals surface area contributed by atoms with Crippen molar-refractivity contribution in [2.24, 2.45) is 0 Å². The molecule has 0 saturated carbocycles. The lowest BCUT2D eigenvalue weighted by molar-refractivity contribution is 0.399. The maximum atomic E-state index is 13.8. The van der Waals surface area contributed by atoms with Gasteiger partial charge in [-0.3, -0.25) is 4.79 Å². The van der Waals surface area contributed by atoms with E-state index in [-0.39, 0.29) is 17.9 Å². The molecule has 3 heterocycles. The molecule has 0 bridgehead atoms. The molecule has 2 aromatic heterocycles. The van der Waals surface area contributed by atoms with Crippen LogP contribution in [-0.4, -0.2) is 33.0 Å². The van der Waals surface area contributed by atoms with Crippen LogP contribution in [0.2, 0.25) is 10.0 Å². The molecule has 0 atom stereocenters. The average Bonchev–Trinajstić information content (AvgIpc) is 3.35. The number of anilines is 1. The molecule has 35 heavy (non-hydrogen) atoms. The first-order valence-electron chi connectivity index (χ1n) is 11.1. The summed E-state index contributed by atoms with van der Waals surface area (Å²) in [5, 5.41) is 15.4. The maximum absolute atomic E-state index is 13.8. The molecule has 0 unspecified atom stereocenters. The fourth-order valence-corrected chi connectivity index (χ4v) is 5.10. The molecule has 7 nitrogen and oxygen atoms in total. The number of aliphatic hydroxyl groups excluding tert-OH is 1. The average molecular weight is 509 g/mol. The van der Waals surface area contributed by atoms with Crippen molar-refractivity contribution in [3.05, 3.63) is 92.9 Å². The summed E-state index contributed by atoms with van der Waals surface area (Å²) in [6.07, 6.45) is 4.49. The van der Waals surface area contributed by atoms with Crippen molar-refractivity contribution < 1.29 is 9.52 Å². The van der Waals surface area contributed by atoms with Crippen LogP contribution in [0.5, 0.6) is 0 Å². The number of aliphatic hydroxyl groups is 1. The van der Waals surface area contributed by atoms with Crippen molar-refractivity contribution >= 4 is 28.9 Å². The number of aromatic nitrogens is 3. The Labute approximate surface area is 211 Å². The van der Waals surface area contributed by atoms with Gasteiger partial charge in [-0.1, -0.05) is 35.8 Å².